The van der Waals surface area contributed by atoms with Gasteiger partial charge in [-0.05, 0) is 30.0 Å². The number of carboxylic acids is 2. The summed E-state index contributed by atoms with van der Waals surface area (Å²) in [5, 5.41) is 29.1. The molecule has 2 aromatic carbocycles. The molecule has 1 heterocycles. The Hall–Kier alpha value is -3.40. The van der Waals surface area contributed by atoms with Crippen molar-refractivity contribution in [3.8, 4) is 0 Å². The number of carbonyl (C=O) groups excluding carboxylic acids is 1. The van der Waals surface area contributed by atoms with Gasteiger partial charge >= 0.3 is 11.9 Å². The van der Waals surface area contributed by atoms with Gasteiger partial charge in [0.05, 0.1) is 10.8 Å². The lowest BCUT2D eigenvalue weighted by atomic mass is 9.95. The van der Waals surface area contributed by atoms with Crippen molar-refractivity contribution >= 4 is 35.3 Å². The van der Waals surface area contributed by atoms with Gasteiger partial charge in [0.1, 0.15) is 11.4 Å². The average molecular weight is 458 g/mol. The van der Waals surface area contributed by atoms with Crippen molar-refractivity contribution in [3.63, 3.8) is 0 Å². The van der Waals surface area contributed by atoms with Crippen molar-refractivity contribution < 1.29 is 29.5 Å². The Bertz CT molecular complexity index is 1060. The van der Waals surface area contributed by atoms with E-state index in [0.717, 1.165) is 5.56 Å². The number of hydrogen-bond donors (Lipinski definition) is 2. The highest BCUT2D eigenvalue weighted by atomic mass is 32.2. The molecule has 0 spiro atoms. The highest BCUT2D eigenvalue weighted by molar-refractivity contribution is 7.99. The molecule has 32 heavy (non-hydrogen) atoms. The smallest absolute Gasteiger partial charge is 0.327 e. The summed E-state index contributed by atoms with van der Waals surface area (Å²) in [4.78, 5) is 48.1. The molecule has 0 aromatic heterocycles. The molecular formula is C22H22N2O7S. The number of nitrogens with zero attached hydrogens (tertiary/aromatic N) is 2. The van der Waals surface area contributed by atoms with Crippen LogP contribution in [0.2, 0.25) is 0 Å². The highest BCUT2D eigenvalue weighted by Gasteiger charge is 2.44. The Labute approximate surface area is 188 Å². The van der Waals surface area contributed by atoms with Crippen LogP contribution < -0.4 is 0 Å². The van der Waals surface area contributed by atoms with E-state index in [9.17, 15) is 29.6 Å². The first-order valence-corrected chi connectivity index (χ1v) is 11.0. The number of amides is 1. The third-order valence-electron chi connectivity index (χ3n) is 5.36. The molecule has 1 aliphatic heterocycles. The molecule has 0 saturated carbocycles. The minimum absolute atomic E-state index is 0.0372. The lowest BCUT2D eigenvalue weighted by Crippen LogP contribution is -2.44. The van der Waals surface area contributed by atoms with Crippen LogP contribution in [0.25, 0.3) is 0 Å². The lowest BCUT2D eigenvalue weighted by molar-refractivity contribution is -0.384. The van der Waals surface area contributed by atoms with Gasteiger partial charge in [-0.3, -0.25) is 19.7 Å². The van der Waals surface area contributed by atoms with Gasteiger partial charge in [0.15, 0.2) is 0 Å². The second kappa shape index (κ2) is 9.82. The molecule has 1 saturated heterocycles. The molecule has 168 valence electrons. The van der Waals surface area contributed by atoms with E-state index < -0.39 is 40.1 Å². The molecular weight excluding hydrogens is 436 g/mol. The topological polar surface area (TPSA) is 138 Å². The summed E-state index contributed by atoms with van der Waals surface area (Å²) >= 11 is 1.25. The van der Waals surface area contributed by atoms with Crippen LogP contribution in [0.4, 0.5) is 5.69 Å². The first kappa shape index (κ1) is 23.3. The van der Waals surface area contributed by atoms with Crippen LogP contribution in [0.15, 0.2) is 48.5 Å². The number of aryl methyl sites for hydroxylation is 1. The Balaban J connectivity index is 1.91. The summed E-state index contributed by atoms with van der Waals surface area (Å²) in [6, 6.07) is 11.8. The minimum Gasteiger partial charge on any atom is -0.481 e. The predicted molar refractivity (Wildman–Crippen MR) is 117 cm³/mol. The number of rotatable bonds is 8. The van der Waals surface area contributed by atoms with Crippen LogP contribution in [0, 0.1) is 10.1 Å². The van der Waals surface area contributed by atoms with Crippen molar-refractivity contribution in [2.45, 2.75) is 37.1 Å². The monoisotopic (exact) mass is 458 g/mol. The lowest BCUT2D eigenvalue weighted by Gasteiger charge is -2.30. The summed E-state index contributed by atoms with van der Waals surface area (Å²) in [6.45, 7) is 1.67. The third kappa shape index (κ3) is 5.08. The predicted octanol–water partition coefficient (Wildman–Crippen LogP) is 3.44. The van der Waals surface area contributed by atoms with Gasteiger partial charge in [-0.15, -0.1) is 11.8 Å². The Morgan fingerprint density at radius 3 is 2.56 bits per heavy atom. The highest BCUT2D eigenvalue weighted by Crippen LogP contribution is 2.43. The molecule has 2 N–H and O–H groups in total. The molecule has 1 fully saturated rings. The molecule has 1 amide bonds. The number of thioether (sulfide) groups is 1. The molecule has 3 rings (SSSR count). The number of nitro groups is 1. The fourth-order valence-corrected chi connectivity index (χ4v) is 5.07. The Morgan fingerprint density at radius 2 is 1.91 bits per heavy atom. The van der Waals surface area contributed by atoms with Crippen molar-refractivity contribution in [2.24, 2.45) is 0 Å². The van der Waals surface area contributed by atoms with Gasteiger partial charge in [0, 0.05) is 24.3 Å². The molecule has 2 unspecified atom stereocenters. The standard InChI is InChI=1S/C22H22N2O7S/c1-13(15-5-2-4-14(10-15)8-9-19(25)26)20(27)23-18(22(28)29)12-32-21(23)16-6-3-7-17(11-16)24(30)31/h2-7,10-11,13,18,21H,8-9,12H2,1H3,(H,25,26)(H,28,29)/t13?,18-,21?/m0/s1. The van der Waals surface area contributed by atoms with E-state index in [2.05, 4.69) is 0 Å². The molecule has 0 aliphatic carbocycles. The van der Waals surface area contributed by atoms with E-state index in [1.54, 1.807) is 37.3 Å². The summed E-state index contributed by atoms with van der Waals surface area (Å²) in [7, 11) is 0. The van der Waals surface area contributed by atoms with E-state index >= 15 is 0 Å². The third-order valence-corrected chi connectivity index (χ3v) is 6.68. The maximum Gasteiger partial charge on any atom is 0.327 e. The quantitative estimate of drug-likeness (QED) is 0.453. The zero-order chi connectivity index (χ0) is 23.4. The number of nitro benzene ring substituents is 1. The molecule has 9 nitrogen and oxygen atoms in total. The maximum absolute atomic E-state index is 13.5. The van der Waals surface area contributed by atoms with Gasteiger partial charge in [0.2, 0.25) is 5.91 Å². The maximum atomic E-state index is 13.5. The normalized spacial score (nSPS) is 18.8. The van der Waals surface area contributed by atoms with Crippen LogP contribution >= 0.6 is 11.8 Å². The molecule has 10 heteroatoms. The second-order valence-corrected chi connectivity index (χ2v) is 8.61. The fraction of sp³-hybridized carbons (Fsp3) is 0.318. The summed E-state index contributed by atoms with van der Waals surface area (Å²) in [5.41, 5.74) is 1.78. The van der Waals surface area contributed by atoms with Crippen LogP contribution in [0.1, 0.15) is 41.3 Å². The number of benzene rings is 2. The number of aliphatic carboxylic acids is 2. The summed E-state index contributed by atoms with van der Waals surface area (Å²) in [6.07, 6.45) is 0.280. The zero-order valence-electron chi connectivity index (χ0n) is 17.2. The number of carbonyl (C=O) groups is 3. The average Bonchev–Trinajstić information content (AvgIpc) is 3.22. The van der Waals surface area contributed by atoms with Crippen LogP contribution in [-0.2, 0) is 20.8 Å². The van der Waals surface area contributed by atoms with Crippen molar-refractivity contribution in [1.82, 2.24) is 4.90 Å². The van der Waals surface area contributed by atoms with Crippen LogP contribution in [0.3, 0.4) is 0 Å². The van der Waals surface area contributed by atoms with Gasteiger partial charge in [0.25, 0.3) is 5.69 Å². The van der Waals surface area contributed by atoms with E-state index in [1.165, 1.54) is 34.9 Å². The SMILES string of the molecule is CC(C(=O)N1C(c2cccc([N+](=O)[O-])c2)SC[C@H]1C(=O)O)c1cccc(CCC(=O)O)c1. The Kier molecular flexibility index (Phi) is 7.14. The molecule has 3 atom stereocenters. The van der Waals surface area contributed by atoms with Gasteiger partial charge in [-0.1, -0.05) is 36.4 Å². The molecule has 1 aliphatic rings. The van der Waals surface area contributed by atoms with E-state index in [4.69, 9.17) is 5.11 Å². The number of hydrogen-bond acceptors (Lipinski definition) is 6. The number of carboxylic acid groups (broad SMARTS) is 2. The van der Waals surface area contributed by atoms with Gasteiger partial charge in [-0.25, -0.2) is 4.79 Å². The van der Waals surface area contributed by atoms with E-state index in [1.807, 2.05) is 0 Å². The molecule has 2 aromatic rings. The fourth-order valence-electron chi connectivity index (χ4n) is 3.65. The zero-order valence-corrected chi connectivity index (χ0v) is 18.0. The van der Waals surface area contributed by atoms with Crippen LogP contribution in [0.5, 0.6) is 0 Å². The van der Waals surface area contributed by atoms with Gasteiger partial charge < -0.3 is 15.1 Å². The summed E-state index contributed by atoms with van der Waals surface area (Å²) < 4.78 is 0. The second-order valence-electron chi connectivity index (χ2n) is 7.50. The first-order chi connectivity index (χ1) is 15.2. The largest absolute Gasteiger partial charge is 0.481 e. The van der Waals surface area contributed by atoms with Gasteiger partial charge in [-0.2, -0.15) is 0 Å². The molecule has 0 radical (unpaired) electrons. The minimum atomic E-state index is -1.14. The van der Waals surface area contributed by atoms with Crippen LogP contribution in [-0.4, -0.2) is 49.7 Å². The molecule has 0 bridgehead atoms. The van der Waals surface area contributed by atoms with E-state index in [0.29, 0.717) is 17.5 Å². The Morgan fingerprint density at radius 1 is 1.19 bits per heavy atom. The van der Waals surface area contributed by atoms with E-state index in [-0.39, 0.29) is 17.9 Å². The first-order valence-electron chi connectivity index (χ1n) is 9.90. The van der Waals surface area contributed by atoms with Crippen molar-refractivity contribution in [1.29, 1.82) is 0 Å². The van der Waals surface area contributed by atoms with Crippen molar-refractivity contribution in [2.75, 3.05) is 5.75 Å². The summed E-state index contributed by atoms with van der Waals surface area (Å²) in [5.74, 6) is -2.98. The van der Waals surface area contributed by atoms with Crippen molar-refractivity contribution in [3.05, 3.63) is 75.3 Å². The number of non-ortho nitro benzene ring substituents is 1.